The molecule has 0 unspecified atom stereocenters. The Bertz CT molecular complexity index is 1200. The van der Waals surface area contributed by atoms with E-state index in [2.05, 4.69) is 34.4 Å². The number of nitrogens with one attached hydrogen (secondary N) is 3. The van der Waals surface area contributed by atoms with Gasteiger partial charge in [0.05, 0.1) is 22.9 Å². The summed E-state index contributed by atoms with van der Waals surface area (Å²) in [7, 11) is 0. The maximum atomic E-state index is 13.2. The lowest BCUT2D eigenvalue weighted by molar-refractivity contribution is -0.117. The standard InChI is InChI=1S/C25H25FN4O2/c1-25(2)12-18-21(19(31)13-25)23(28-15-6-4-3-5-7-15)22(29-18)14-8-9-27-20(10-14)30-24(32)16-11-17(16)26/h3-10,16-17,28-29H,11-13H2,1-2H3,(H,27,30,32)/t16-,17+/m0/s1. The number of rotatable bonds is 5. The molecule has 32 heavy (non-hydrogen) atoms. The maximum absolute atomic E-state index is 13.2. The van der Waals surface area contributed by atoms with Crippen molar-refractivity contribution in [1.29, 1.82) is 0 Å². The number of nitrogens with zero attached hydrogens (tertiary/aromatic N) is 1. The first-order valence-corrected chi connectivity index (χ1v) is 10.8. The number of hydrogen-bond acceptors (Lipinski definition) is 4. The summed E-state index contributed by atoms with van der Waals surface area (Å²) in [5, 5.41) is 6.13. The highest BCUT2D eigenvalue weighted by molar-refractivity contribution is 6.08. The molecule has 2 aromatic heterocycles. The molecule has 6 nitrogen and oxygen atoms in total. The number of pyridine rings is 1. The van der Waals surface area contributed by atoms with Gasteiger partial charge in [0.1, 0.15) is 12.0 Å². The third-order valence-electron chi connectivity index (χ3n) is 6.04. The van der Waals surface area contributed by atoms with Gasteiger partial charge in [-0.2, -0.15) is 0 Å². The summed E-state index contributed by atoms with van der Waals surface area (Å²) in [5.74, 6) is -0.486. The molecule has 0 saturated heterocycles. The van der Waals surface area contributed by atoms with E-state index in [0.717, 1.165) is 34.7 Å². The summed E-state index contributed by atoms with van der Waals surface area (Å²) >= 11 is 0. The Morgan fingerprint density at radius 2 is 1.94 bits per heavy atom. The van der Waals surface area contributed by atoms with Crippen molar-refractivity contribution in [2.75, 3.05) is 10.6 Å². The Labute approximate surface area is 185 Å². The molecule has 2 heterocycles. The maximum Gasteiger partial charge on any atom is 0.231 e. The molecule has 0 bridgehead atoms. The van der Waals surface area contributed by atoms with Gasteiger partial charge in [0.25, 0.3) is 0 Å². The van der Waals surface area contributed by atoms with Gasteiger partial charge in [-0.1, -0.05) is 32.0 Å². The minimum Gasteiger partial charge on any atom is -0.356 e. The zero-order valence-corrected chi connectivity index (χ0v) is 18.0. The third kappa shape index (κ3) is 3.90. The zero-order valence-electron chi connectivity index (χ0n) is 18.0. The van der Waals surface area contributed by atoms with E-state index < -0.39 is 12.1 Å². The number of amides is 1. The van der Waals surface area contributed by atoms with Gasteiger partial charge in [-0.25, -0.2) is 9.37 Å². The summed E-state index contributed by atoms with van der Waals surface area (Å²) < 4.78 is 13.2. The quantitative estimate of drug-likeness (QED) is 0.512. The van der Waals surface area contributed by atoms with Crippen LogP contribution in [0.5, 0.6) is 0 Å². The average molecular weight is 432 g/mol. The minimum atomic E-state index is -1.07. The van der Waals surface area contributed by atoms with Crippen LogP contribution in [0.25, 0.3) is 11.3 Å². The van der Waals surface area contributed by atoms with Crippen molar-refractivity contribution in [3.8, 4) is 11.3 Å². The lowest BCUT2D eigenvalue weighted by Crippen LogP contribution is -2.26. The smallest absolute Gasteiger partial charge is 0.231 e. The Balaban J connectivity index is 1.55. The zero-order chi connectivity index (χ0) is 22.5. The molecule has 1 amide bonds. The number of benzene rings is 1. The first-order valence-electron chi connectivity index (χ1n) is 10.8. The molecule has 1 aromatic carbocycles. The Kier molecular flexibility index (Phi) is 4.84. The molecule has 2 aliphatic rings. The van der Waals surface area contributed by atoms with Crippen LogP contribution in [-0.2, 0) is 11.2 Å². The van der Waals surface area contributed by atoms with E-state index in [0.29, 0.717) is 17.8 Å². The van der Waals surface area contributed by atoms with E-state index >= 15 is 0 Å². The van der Waals surface area contributed by atoms with Crippen LogP contribution in [0.15, 0.2) is 48.7 Å². The van der Waals surface area contributed by atoms with Gasteiger partial charge in [-0.05, 0) is 42.5 Å². The van der Waals surface area contributed by atoms with Crippen molar-refractivity contribution in [2.24, 2.45) is 11.3 Å². The molecule has 2 atom stereocenters. The topological polar surface area (TPSA) is 86.9 Å². The number of ketones is 1. The number of aromatic amines is 1. The average Bonchev–Trinajstić information content (AvgIpc) is 3.37. The summed E-state index contributed by atoms with van der Waals surface area (Å²) in [6.07, 6.45) is 2.03. The highest BCUT2D eigenvalue weighted by atomic mass is 19.1. The number of carbonyl (C=O) groups excluding carboxylic acids is 2. The van der Waals surface area contributed by atoms with Crippen LogP contribution in [0.1, 0.15) is 42.7 Å². The fourth-order valence-electron chi connectivity index (χ4n) is 4.37. The Morgan fingerprint density at radius 3 is 2.66 bits per heavy atom. The van der Waals surface area contributed by atoms with Crippen LogP contribution < -0.4 is 10.6 Å². The highest BCUT2D eigenvalue weighted by Crippen LogP contribution is 2.43. The molecule has 3 N–H and O–H groups in total. The summed E-state index contributed by atoms with van der Waals surface area (Å²) in [4.78, 5) is 33.0. The van der Waals surface area contributed by atoms with Crippen molar-refractivity contribution < 1.29 is 14.0 Å². The Hall–Kier alpha value is -3.48. The van der Waals surface area contributed by atoms with E-state index in [4.69, 9.17) is 0 Å². The predicted octanol–water partition coefficient (Wildman–Crippen LogP) is 5.27. The van der Waals surface area contributed by atoms with Crippen LogP contribution in [-0.4, -0.2) is 27.8 Å². The van der Waals surface area contributed by atoms with Gasteiger partial charge in [0, 0.05) is 29.6 Å². The van der Waals surface area contributed by atoms with Gasteiger partial charge >= 0.3 is 0 Å². The molecule has 0 spiro atoms. The second kappa shape index (κ2) is 7.58. The number of carbonyl (C=O) groups is 2. The number of Topliss-reactive ketones (excluding diaryl/α,β-unsaturated/α-hetero) is 1. The Morgan fingerprint density at radius 1 is 1.19 bits per heavy atom. The fourth-order valence-corrected chi connectivity index (χ4v) is 4.37. The number of halogens is 1. The molecule has 5 rings (SSSR count). The lowest BCUT2D eigenvalue weighted by Gasteiger charge is -2.28. The van der Waals surface area contributed by atoms with E-state index in [1.54, 1.807) is 12.3 Å². The van der Waals surface area contributed by atoms with Gasteiger partial charge in [-0.15, -0.1) is 0 Å². The van der Waals surface area contributed by atoms with Crippen molar-refractivity contribution in [3.63, 3.8) is 0 Å². The van der Waals surface area contributed by atoms with E-state index in [1.807, 2.05) is 36.4 Å². The minimum absolute atomic E-state index is 0.0995. The number of anilines is 3. The summed E-state index contributed by atoms with van der Waals surface area (Å²) in [6, 6.07) is 13.3. The number of aromatic nitrogens is 2. The molecule has 3 aromatic rings. The molecular formula is C25H25FN4O2. The van der Waals surface area contributed by atoms with Crippen molar-refractivity contribution >= 4 is 28.9 Å². The molecule has 164 valence electrons. The van der Waals surface area contributed by atoms with Crippen LogP contribution >= 0.6 is 0 Å². The van der Waals surface area contributed by atoms with Crippen molar-refractivity contribution in [3.05, 3.63) is 59.9 Å². The molecular weight excluding hydrogens is 407 g/mol. The monoisotopic (exact) mass is 432 g/mol. The largest absolute Gasteiger partial charge is 0.356 e. The number of fused-ring (bicyclic) bond motifs is 1. The predicted molar refractivity (Wildman–Crippen MR) is 122 cm³/mol. The van der Waals surface area contributed by atoms with Crippen LogP contribution in [0.4, 0.5) is 21.6 Å². The van der Waals surface area contributed by atoms with Crippen molar-refractivity contribution in [2.45, 2.75) is 39.3 Å². The molecule has 2 aliphatic carbocycles. The fraction of sp³-hybridized carbons (Fsp3) is 0.320. The normalized spacial score (nSPS) is 21.0. The highest BCUT2D eigenvalue weighted by Gasteiger charge is 2.43. The first kappa shape index (κ1) is 20.4. The molecule has 7 heteroatoms. The number of hydrogen-bond donors (Lipinski definition) is 3. The SMILES string of the molecule is CC1(C)CC(=O)c2c([nH]c(-c3ccnc(NC(=O)[C@H]4C[C@H]4F)c3)c2Nc2ccccc2)C1. The molecule has 1 fully saturated rings. The number of H-pyrrole nitrogens is 1. The molecule has 0 aliphatic heterocycles. The molecule has 0 radical (unpaired) electrons. The van der Waals surface area contributed by atoms with Crippen LogP contribution in [0.2, 0.25) is 0 Å². The van der Waals surface area contributed by atoms with Crippen molar-refractivity contribution in [1.82, 2.24) is 9.97 Å². The lowest BCUT2D eigenvalue weighted by atomic mass is 9.76. The van der Waals surface area contributed by atoms with E-state index in [-0.39, 0.29) is 23.5 Å². The van der Waals surface area contributed by atoms with Gasteiger partial charge < -0.3 is 15.6 Å². The van der Waals surface area contributed by atoms with Gasteiger partial charge in [0.2, 0.25) is 5.91 Å². The van der Waals surface area contributed by atoms with Crippen LogP contribution in [0.3, 0.4) is 0 Å². The summed E-state index contributed by atoms with van der Waals surface area (Å²) in [6.45, 7) is 4.18. The number of para-hydroxylation sites is 1. The van der Waals surface area contributed by atoms with E-state index in [9.17, 15) is 14.0 Å². The second-order valence-electron chi connectivity index (χ2n) is 9.44. The van der Waals surface area contributed by atoms with Gasteiger partial charge in [-0.3, -0.25) is 9.59 Å². The second-order valence-corrected chi connectivity index (χ2v) is 9.44. The first-order chi connectivity index (χ1) is 15.3. The van der Waals surface area contributed by atoms with Gasteiger partial charge in [0.15, 0.2) is 5.78 Å². The van der Waals surface area contributed by atoms with E-state index in [1.165, 1.54) is 0 Å². The van der Waals surface area contributed by atoms with Crippen LogP contribution in [0, 0.1) is 11.3 Å². The summed E-state index contributed by atoms with van der Waals surface area (Å²) in [5.41, 5.74) is 4.60. The molecule has 1 saturated carbocycles. The third-order valence-corrected chi connectivity index (χ3v) is 6.04. The number of alkyl halides is 1.